The van der Waals surface area contributed by atoms with Crippen molar-refractivity contribution in [3.63, 3.8) is 0 Å². The summed E-state index contributed by atoms with van der Waals surface area (Å²) in [6, 6.07) is 5.29. The first-order valence-electron chi connectivity index (χ1n) is 10.5. The van der Waals surface area contributed by atoms with Gasteiger partial charge in [-0.3, -0.25) is 19.2 Å². The van der Waals surface area contributed by atoms with E-state index < -0.39 is 47.9 Å². The van der Waals surface area contributed by atoms with Crippen molar-refractivity contribution >= 4 is 35.5 Å². The molecule has 1 aromatic rings. The average molecular weight is 467 g/mol. The molecule has 0 bridgehead atoms. The highest BCUT2D eigenvalue weighted by Crippen LogP contribution is 2.07. The van der Waals surface area contributed by atoms with Crippen molar-refractivity contribution < 1.29 is 24.3 Å². The lowest BCUT2D eigenvalue weighted by Crippen LogP contribution is -2.57. The normalized spacial score (nSPS) is 14.7. The fourth-order valence-corrected chi connectivity index (χ4v) is 3.25. The van der Waals surface area contributed by atoms with Gasteiger partial charge < -0.3 is 26.8 Å². The molecular formula is C22H34N4O5S. The molecule has 0 aliphatic carbocycles. The second-order valence-electron chi connectivity index (χ2n) is 7.93. The zero-order chi connectivity index (χ0) is 24.3. The number of hydrogen-bond donors (Lipinski definition) is 5. The van der Waals surface area contributed by atoms with Crippen LogP contribution in [0, 0.1) is 5.92 Å². The van der Waals surface area contributed by atoms with Gasteiger partial charge in [-0.15, -0.1) is 0 Å². The summed E-state index contributed by atoms with van der Waals surface area (Å²) in [4.78, 5) is 49.4. The van der Waals surface area contributed by atoms with E-state index in [1.54, 1.807) is 12.1 Å². The van der Waals surface area contributed by atoms with Crippen LogP contribution in [0.4, 0.5) is 0 Å². The van der Waals surface area contributed by atoms with Crippen molar-refractivity contribution in [2.75, 3.05) is 12.0 Å². The van der Waals surface area contributed by atoms with Crippen LogP contribution in [0.1, 0.15) is 32.8 Å². The van der Waals surface area contributed by atoms with Crippen LogP contribution in [0.5, 0.6) is 0 Å². The molecule has 0 radical (unpaired) electrons. The molecule has 0 aliphatic heterocycles. The van der Waals surface area contributed by atoms with Crippen molar-refractivity contribution in [1.29, 1.82) is 0 Å². The van der Waals surface area contributed by atoms with Gasteiger partial charge in [-0.1, -0.05) is 44.2 Å². The number of carbonyl (C=O) groups is 4. The summed E-state index contributed by atoms with van der Waals surface area (Å²) in [5, 5.41) is 16.9. The zero-order valence-corrected chi connectivity index (χ0v) is 19.8. The third kappa shape index (κ3) is 9.27. The fraction of sp³-hybridized carbons (Fsp3) is 0.545. The van der Waals surface area contributed by atoms with Crippen LogP contribution in [-0.2, 0) is 25.6 Å². The van der Waals surface area contributed by atoms with Crippen LogP contribution in [0.3, 0.4) is 0 Å². The Labute approximate surface area is 193 Å². The van der Waals surface area contributed by atoms with Crippen LogP contribution in [-0.4, -0.2) is 65.0 Å². The number of nitrogens with one attached hydrogen (secondary N) is 3. The van der Waals surface area contributed by atoms with E-state index in [9.17, 15) is 19.2 Å². The number of benzene rings is 1. The van der Waals surface area contributed by atoms with E-state index in [0.717, 1.165) is 5.56 Å². The quantitative estimate of drug-likeness (QED) is 0.284. The summed E-state index contributed by atoms with van der Waals surface area (Å²) < 4.78 is 0. The Morgan fingerprint density at radius 1 is 0.938 bits per heavy atom. The van der Waals surface area contributed by atoms with Crippen molar-refractivity contribution in [2.45, 2.75) is 57.8 Å². The van der Waals surface area contributed by atoms with E-state index in [4.69, 9.17) is 10.8 Å². The van der Waals surface area contributed by atoms with Crippen molar-refractivity contribution in [2.24, 2.45) is 11.7 Å². The van der Waals surface area contributed by atoms with Crippen molar-refractivity contribution in [1.82, 2.24) is 16.0 Å². The predicted octanol–water partition coefficient (Wildman–Crippen LogP) is 0.524. The highest BCUT2D eigenvalue weighted by atomic mass is 32.2. The molecule has 10 heteroatoms. The summed E-state index contributed by atoms with van der Waals surface area (Å²) >= 11 is 1.52. The zero-order valence-electron chi connectivity index (χ0n) is 19.0. The first-order valence-corrected chi connectivity index (χ1v) is 11.9. The highest BCUT2D eigenvalue weighted by molar-refractivity contribution is 7.98. The van der Waals surface area contributed by atoms with Crippen molar-refractivity contribution in [3.05, 3.63) is 35.9 Å². The maximum atomic E-state index is 13.0. The molecule has 0 saturated carbocycles. The number of hydrogen-bond acceptors (Lipinski definition) is 6. The van der Waals surface area contributed by atoms with E-state index in [0.29, 0.717) is 12.2 Å². The minimum absolute atomic E-state index is 0.103. The number of carboxylic acid groups (broad SMARTS) is 1. The Kier molecular flexibility index (Phi) is 11.8. The molecule has 0 aromatic heterocycles. The smallest absolute Gasteiger partial charge is 0.325 e. The lowest BCUT2D eigenvalue weighted by Gasteiger charge is -2.25. The molecule has 32 heavy (non-hydrogen) atoms. The minimum atomic E-state index is -1.18. The third-order valence-corrected chi connectivity index (χ3v) is 5.55. The van der Waals surface area contributed by atoms with Gasteiger partial charge in [0.25, 0.3) is 0 Å². The van der Waals surface area contributed by atoms with E-state index >= 15 is 0 Å². The highest BCUT2D eigenvalue weighted by Gasteiger charge is 2.29. The maximum absolute atomic E-state index is 13.0. The van der Waals surface area contributed by atoms with Gasteiger partial charge in [0.15, 0.2) is 0 Å². The molecule has 3 amide bonds. The Morgan fingerprint density at radius 3 is 2.03 bits per heavy atom. The first kappa shape index (κ1) is 27.4. The molecule has 178 valence electrons. The van der Waals surface area contributed by atoms with Crippen LogP contribution in [0.2, 0.25) is 0 Å². The van der Waals surface area contributed by atoms with Gasteiger partial charge in [0.1, 0.15) is 18.1 Å². The Bertz CT molecular complexity index is 775. The van der Waals surface area contributed by atoms with E-state index in [2.05, 4.69) is 16.0 Å². The Balaban J connectivity index is 3.02. The molecule has 1 aromatic carbocycles. The molecule has 0 spiro atoms. The van der Waals surface area contributed by atoms with Gasteiger partial charge >= 0.3 is 5.97 Å². The fourth-order valence-electron chi connectivity index (χ4n) is 2.78. The third-order valence-electron chi connectivity index (χ3n) is 4.91. The van der Waals surface area contributed by atoms with Gasteiger partial charge in [-0.2, -0.15) is 11.8 Å². The van der Waals surface area contributed by atoms with E-state index in [1.807, 2.05) is 38.3 Å². The summed E-state index contributed by atoms with van der Waals surface area (Å²) in [6.45, 7) is 4.96. The van der Waals surface area contributed by atoms with Gasteiger partial charge in [0.2, 0.25) is 17.7 Å². The molecule has 1 rings (SSSR count). The summed E-state index contributed by atoms with van der Waals surface area (Å²) in [6.07, 6.45) is 2.41. The van der Waals surface area contributed by atoms with Gasteiger partial charge in [-0.25, -0.2) is 0 Å². The standard InChI is InChI=1S/C22H34N4O5S/c1-13(2)18(23)21(29)25-16(10-11-32-4)19(27)26-17(12-15-8-6-5-7-9-15)20(28)24-14(3)22(30)31/h5-9,13-14,16-18H,10-12,23H2,1-4H3,(H,24,28)(H,25,29)(H,26,27)(H,30,31). The first-order chi connectivity index (χ1) is 15.1. The van der Waals surface area contributed by atoms with Crippen LogP contribution < -0.4 is 21.7 Å². The Hall–Kier alpha value is -2.59. The summed E-state index contributed by atoms with van der Waals surface area (Å²) in [5.74, 6) is -2.26. The SMILES string of the molecule is CSCCC(NC(=O)C(N)C(C)C)C(=O)NC(Cc1ccccc1)C(=O)NC(C)C(=O)O. The number of amides is 3. The molecule has 4 atom stereocenters. The monoisotopic (exact) mass is 466 g/mol. The number of rotatable bonds is 13. The number of aliphatic carboxylic acids is 1. The molecule has 0 saturated heterocycles. The second-order valence-corrected chi connectivity index (χ2v) is 8.92. The molecule has 0 heterocycles. The van der Waals surface area contributed by atoms with Crippen molar-refractivity contribution in [3.8, 4) is 0 Å². The minimum Gasteiger partial charge on any atom is -0.480 e. The Morgan fingerprint density at radius 2 is 1.50 bits per heavy atom. The van der Waals surface area contributed by atoms with Crippen LogP contribution in [0.25, 0.3) is 0 Å². The van der Waals surface area contributed by atoms with Crippen LogP contribution in [0.15, 0.2) is 30.3 Å². The maximum Gasteiger partial charge on any atom is 0.325 e. The molecule has 0 fully saturated rings. The number of carbonyl (C=O) groups excluding carboxylic acids is 3. The van der Waals surface area contributed by atoms with Crippen LogP contribution >= 0.6 is 11.8 Å². The number of carboxylic acids is 1. The lowest BCUT2D eigenvalue weighted by atomic mass is 10.0. The molecule has 6 N–H and O–H groups in total. The molecular weight excluding hydrogens is 432 g/mol. The van der Waals surface area contributed by atoms with Gasteiger partial charge in [0, 0.05) is 6.42 Å². The molecule has 9 nitrogen and oxygen atoms in total. The van der Waals surface area contributed by atoms with E-state index in [1.165, 1.54) is 18.7 Å². The number of thioether (sulfide) groups is 1. The van der Waals surface area contributed by atoms with E-state index in [-0.39, 0.29) is 12.3 Å². The lowest BCUT2D eigenvalue weighted by molar-refractivity contribution is -0.141. The summed E-state index contributed by atoms with van der Waals surface area (Å²) in [7, 11) is 0. The summed E-state index contributed by atoms with van der Waals surface area (Å²) in [5.41, 5.74) is 6.70. The largest absolute Gasteiger partial charge is 0.480 e. The average Bonchev–Trinajstić information content (AvgIpc) is 2.75. The second kappa shape index (κ2) is 13.7. The number of nitrogens with two attached hydrogens (primary N) is 1. The molecule has 0 aliphatic rings. The van der Waals surface area contributed by atoms with Gasteiger partial charge in [0.05, 0.1) is 6.04 Å². The predicted molar refractivity (Wildman–Crippen MR) is 125 cm³/mol. The van der Waals surface area contributed by atoms with Gasteiger partial charge in [-0.05, 0) is 36.8 Å². The topological polar surface area (TPSA) is 151 Å². The molecule has 4 unspecified atom stereocenters.